The molecule has 106 valence electrons. The molecule has 0 heterocycles. The highest BCUT2D eigenvalue weighted by Gasteiger charge is 2.16. The molecule has 0 spiro atoms. The number of hydrogen-bond acceptors (Lipinski definition) is 3. The first-order chi connectivity index (χ1) is 8.93. The van der Waals surface area contributed by atoms with Gasteiger partial charge in [0.15, 0.2) is 0 Å². The SMILES string of the molecule is C[C@@H](CO)CS[C@H](C)C(=O)Nc1cc(Cl)ccc1F. The lowest BCUT2D eigenvalue weighted by molar-refractivity contribution is -0.115. The minimum absolute atomic E-state index is 0.0835. The lowest BCUT2D eigenvalue weighted by Gasteiger charge is -2.14. The number of anilines is 1. The van der Waals surface area contributed by atoms with Gasteiger partial charge in [0.25, 0.3) is 0 Å². The van der Waals surface area contributed by atoms with E-state index >= 15 is 0 Å². The Bertz CT molecular complexity index is 445. The zero-order valence-electron chi connectivity index (χ0n) is 10.8. The van der Waals surface area contributed by atoms with Gasteiger partial charge in [-0.25, -0.2) is 4.39 Å². The first-order valence-corrected chi connectivity index (χ1v) is 7.35. The van der Waals surface area contributed by atoms with Crippen LogP contribution in [0.4, 0.5) is 10.1 Å². The molecule has 0 saturated carbocycles. The van der Waals surface area contributed by atoms with Gasteiger partial charge in [0.2, 0.25) is 5.91 Å². The number of halogens is 2. The first kappa shape index (κ1) is 16.3. The first-order valence-electron chi connectivity index (χ1n) is 5.92. The van der Waals surface area contributed by atoms with Crippen molar-refractivity contribution in [3.63, 3.8) is 0 Å². The van der Waals surface area contributed by atoms with Crippen molar-refractivity contribution in [1.29, 1.82) is 0 Å². The fraction of sp³-hybridized carbons (Fsp3) is 0.462. The molecule has 19 heavy (non-hydrogen) atoms. The fourth-order valence-corrected chi connectivity index (χ4v) is 2.37. The number of aliphatic hydroxyl groups is 1. The van der Waals surface area contributed by atoms with Crippen LogP contribution < -0.4 is 5.32 Å². The van der Waals surface area contributed by atoms with Crippen LogP contribution in [0.15, 0.2) is 18.2 Å². The molecule has 2 N–H and O–H groups in total. The minimum Gasteiger partial charge on any atom is -0.396 e. The van der Waals surface area contributed by atoms with E-state index in [0.29, 0.717) is 10.8 Å². The predicted octanol–water partition coefficient (Wildman–Crippen LogP) is 3.17. The Morgan fingerprint density at radius 1 is 1.53 bits per heavy atom. The minimum atomic E-state index is -0.515. The molecule has 0 aliphatic rings. The molecule has 2 atom stereocenters. The summed E-state index contributed by atoms with van der Waals surface area (Å²) in [5.41, 5.74) is 0.0835. The third-order valence-electron chi connectivity index (χ3n) is 2.50. The summed E-state index contributed by atoms with van der Waals surface area (Å²) in [5, 5.41) is 11.5. The van der Waals surface area contributed by atoms with Crippen LogP contribution >= 0.6 is 23.4 Å². The lowest BCUT2D eigenvalue weighted by atomic mass is 10.2. The maximum atomic E-state index is 13.4. The van der Waals surface area contributed by atoms with Gasteiger partial charge in [0, 0.05) is 11.6 Å². The van der Waals surface area contributed by atoms with Crippen LogP contribution in [-0.2, 0) is 4.79 Å². The third-order valence-corrected chi connectivity index (χ3v) is 4.21. The molecular formula is C13H17ClFNO2S. The van der Waals surface area contributed by atoms with Crippen molar-refractivity contribution in [2.45, 2.75) is 19.1 Å². The molecule has 3 nitrogen and oxygen atoms in total. The Morgan fingerprint density at radius 2 is 2.21 bits per heavy atom. The average Bonchev–Trinajstić information content (AvgIpc) is 2.39. The van der Waals surface area contributed by atoms with E-state index in [1.165, 1.54) is 30.0 Å². The van der Waals surface area contributed by atoms with Crippen LogP contribution in [0.25, 0.3) is 0 Å². The van der Waals surface area contributed by atoms with Gasteiger partial charge in [-0.3, -0.25) is 4.79 Å². The molecule has 1 rings (SSSR count). The van der Waals surface area contributed by atoms with Gasteiger partial charge in [-0.05, 0) is 36.8 Å². The number of thioether (sulfide) groups is 1. The molecule has 1 amide bonds. The summed E-state index contributed by atoms with van der Waals surface area (Å²) in [6.45, 7) is 3.73. The molecule has 1 aromatic rings. The quantitative estimate of drug-likeness (QED) is 0.849. The molecule has 0 fully saturated rings. The number of nitrogens with one attached hydrogen (secondary N) is 1. The summed E-state index contributed by atoms with van der Waals surface area (Å²) in [7, 11) is 0. The highest BCUT2D eigenvalue weighted by Crippen LogP contribution is 2.21. The van der Waals surface area contributed by atoms with E-state index in [0.717, 1.165) is 0 Å². The standard InChI is InChI=1S/C13H17ClFNO2S/c1-8(6-17)7-19-9(2)13(18)16-12-5-10(14)3-4-11(12)15/h3-5,8-9,17H,6-7H2,1-2H3,(H,16,18)/t8-,9+/m0/s1. The van der Waals surface area contributed by atoms with Crippen molar-refractivity contribution in [2.75, 3.05) is 17.7 Å². The van der Waals surface area contributed by atoms with E-state index < -0.39 is 5.82 Å². The molecule has 0 aliphatic heterocycles. The van der Waals surface area contributed by atoms with Crippen molar-refractivity contribution in [1.82, 2.24) is 0 Å². The Labute approximate surface area is 121 Å². The number of amides is 1. The number of carbonyl (C=O) groups is 1. The average molecular weight is 306 g/mol. The van der Waals surface area contributed by atoms with Crippen LogP contribution in [0.3, 0.4) is 0 Å². The maximum absolute atomic E-state index is 13.4. The Morgan fingerprint density at radius 3 is 2.84 bits per heavy atom. The fourth-order valence-electron chi connectivity index (χ4n) is 1.26. The smallest absolute Gasteiger partial charge is 0.237 e. The molecule has 0 radical (unpaired) electrons. The predicted molar refractivity (Wildman–Crippen MR) is 78.2 cm³/mol. The molecule has 0 unspecified atom stereocenters. The zero-order valence-corrected chi connectivity index (χ0v) is 12.4. The Kier molecular flexibility index (Phi) is 6.62. The maximum Gasteiger partial charge on any atom is 0.237 e. The number of carbonyl (C=O) groups excluding carboxylic acids is 1. The van der Waals surface area contributed by atoms with E-state index in [1.807, 2.05) is 6.92 Å². The van der Waals surface area contributed by atoms with E-state index in [2.05, 4.69) is 5.32 Å². The van der Waals surface area contributed by atoms with Crippen molar-refractivity contribution in [3.05, 3.63) is 29.0 Å². The summed E-state index contributed by atoms with van der Waals surface area (Å²) in [5.74, 6) is 0.00137. The van der Waals surface area contributed by atoms with Crippen molar-refractivity contribution in [2.24, 2.45) is 5.92 Å². The van der Waals surface area contributed by atoms with Crippen LogP contribution in [-0.4, -0.2) is 28.6 Å². The molecule has 6 heteroatoms. The summed E-state index contributed by atoms with van der Waals surface area (Å²) in [6, 6.07) is 4.01. The van der Waals surface area contributed by atoms with Gasteiger partial charge in [0.05, 0.1) is 10.9 Å². The van der Waals surface area contributed by atoms with E-state index in [1.54, 1.807) is 6.92 Å². The normalized spacial score (nSPS) is 13.9. The summed E-state index contributed by atoms with van der Waals surface area (Å²) in [6.07, 6.45) is 0. The second-order valence-electron chi connectivity index (χ2n) is 4.38. The second-order valence-corrected chi connectivity index (χ2v) is 6.19. The highest BCUT2D eigenvalue weighted by atomic mass is 35.5. The highest BCUT2D eigenvalue weighted by molar-refractivity contribution is 8.00. The largest absolute Gasteiger partial charge is 0.396 e. The van der Waals surface area contributed by atoms with Gasteiger partial charge >= 0.3 is 0 Å². The van der Waals surface area contributed by atoms with Crippen molar-refractivity contribution in [3.8, 4) is 0 Å². The van der Waals surface area contributed by atoms with Crippen LogP contribution in [0.5, 0.6) is 0 Å². The van der Waals surface area contributed by atoms with E-state index in [9.17, 15) is 9.18 Å². The summed E-state index contributed by atoms with van der Waals surface area (Å²) >= 11 is 7.17. The van der Waals surface area contributed by atoms with E-state index in [4.69, 9.17) is 16.7 Å². The molecule has 0 bridgehead atoms. The molecular weight excluding hydrogens is 289 g/mol. The Hall–Kier alpha value is -0.780. The number of aliphatic hydroxyl groups excluding tert-OH is 1. The van der Waals surface area contributed by atoms with Crippen molar-refractivity contribution < 1.29 is 14.3 Å². The molecule has 0 aromatic heterocycles. The van der Waals surface area contributed by atoms with Gasteiger partial charge in [-0.1, -0.05) is 18.5 Å². The van der Waals surface area contributed by atoms with Gasteiger partial charge in [-0.15, -0.1) is 11.8 Å². The molecule has 1 aromatic carbocycles. The van der Waals surface area contributed by atoms with Crippen LogP contribution in [0, 0.1) is 11.7 Å². The van der Waals surface area contributed by atoms with Gasteiger partial charge in [0.1, 0.15) is 5.82 Å². The lowest BCUT2D eigenvalue weighted by Crippen LogP contribution is -2.24. The second kappa shape index (κ2) is 7.72. The zero-order chi connectivity index (χ0) is 14.4. The summed E-state index contributed by atoms with van der Waals surface area (Å²) in [4.78, 5) is 11.9. The van der Waals surface area contributed by atoms with Gasteiger partial charge in [-0.2, -0.15) is 0 Å². The summed E-state index contributed by atoms with van der Waals surface area (Å²) < 4.78 is 13.4. The van der Waals surface area contributed by atoms with Gasteiger partial charge < -0.3 is 10.4 Å². The number of rotatable bonds is 6. The topological polar surface area (TPSA) is 49.3 Å². The number of benzene rings is 1. The van der Waals surface area contributed by atoms with Crippen molar-refractivity contribution >= 4 is 35.0 Å². The Balaban J connectivity index is 2.56. The monoisotopic (exact) mass is 305 g/mol. The third kappa shape index (κ3) is 5.38. The van der Waals surface area contributed by atoms with Crippen LogP contribution in [0.1, 0.15) is 13.8 Å². The molecule has 0 aliphatic carbocycles. The molecule has 0 saturated heterocycles. The van der Waals surface area contributed by atoms with E-state index in [-0.39, 0.29) is 29.4 Å². The van der Waals surface area contributed by atoms with Crippen LogP contribution in [0.2, 0.25) is 5.02 Å². The number of hydrogen-bond donors (Lipinski definition) is 2.